The summed E-state index contributed by atoms with van der Waals surface area (Å²) >= 11 is -0.969. The second kappa shape index (κ2) is 3.87. The van der Waals surface area contributed by atoms with Crippen LogP contribution < -0.4 is 3.87 Å². The van der Waals surface area contributed by atoms with Crippen LogP contribution in [0.3, 0.4) is 0 Å². The molecule has 0 unspecified atom stereocenters. The minimum absolute atomic E-state index is 0.969. The van der Waals surface area contributed by atoms with Gasteiger partial charge in [0.2, 0.25) is 0 Å². The fraction of sp³-hybridized carbons (Fsp3) is 0.200. The molecule has 0 atom stereocenters. The van der Waals surface area contributed by atoms with E-state index in [4.69, 9.17) is 0 Å². The van der Waals surface area contributed by atoms with Crippen molar-refractivity contribution in [3.8, 4) is 11.1 Å². The van der Waals surface area contributed by atoms with Crippen LogP contribution in [0.4, 0.5) is 0 Å². The third-order valence-corrected chi connectivity index (χ3v) is 5.80. The molecule has 2 aromatic rings. The van der Waals surface area contributed by atoms with Crippen molar-refractivity contribution >= 4 is 3.87 Å². The topological polar surface area (TPSA) is 0 Å². The van der Waals surface area contributed by atoms with Gasteiger partial charge in [0.05, 0.1) is 0 Å². The van der Waals surface area contributed by atoms with Gasteiger partial charge in [0.1, 0.15) is 0 Å². The number of benzene rings is 2. The maximum absolute atomic E-state index is 2.44. The van der Waals surface area contributed by atoms with Gasteiger partial charge in [0, 0.05) is 0 Å². The summed E-state index contributed by atoms with van der Waals surface area (Å²) < 4.78 is 1.67. The van der Waals surface area contributed by atoms with Crippen molar-refractivity contribution in [2.75, 3.05) is 0 Å². The number of hydrogen-bond acceptors (Lipinski definition) is 0. The molecule has 16 heavy (non-hydrogen) atoms. The van der Waals surface area contributed by atoms with Crippen molar-refractivity contribution in [1.82, 2.24) is 0 Å². The first-order chi connectivity index (χ1) is 7.77. The van der Waals surface area contributed by atoms with Gasteiger partial charge in [-0.15, -0.1) is 0 Å². The van der Waals surface area contributed by atoms with E-state index in [0.717, 1.165) is 6.42 Å². The van der Waals surface area contributed by atoms with E-state index < -0.39 is 17.9 Å². The van der Waals surface area contributed by atoms with E-state index >= 15 is 0 Å². The molecule has 0 amide bonds. The SMILES string of the molecule is [CH3][Ti]([CH3])[c]1cccc2c1Cc1ccccc1-2. The summed E-state index contributed by atoms with van der Waals surface area (Å²) in [7, 11) is 0. The van der Waals surface area contributed by atoms with Crippen LogP contribution in [0.25, 0.3) is 11.1 Å². The average molecular weight is 243 g/mol. The molecule has 0 N–H and O–H groups in total. The Bertz CT molecular complexity index is 541. The first-order valence-electron chi connectivity index (χ1n) is 5.78. The first-order valence-corrected chi connectivity index (χ1v) is 9.68. The summed E-state index contributed by atoms with van der Waals surface area (Å²) in [6.45, 7) is 0. The van der Waals surface area contributed by atoms with Crippen molar-refractivity contribution in [1.29, 1.82) is 0 Å². The van der Waals surface area contributed by atoms with E-state index in [1.807, 2.05) is 0 Å². The molecule has 0 saturated carbocycles. The Morgan fingerprint density at radius 3 is 2.44 bits per heavy atom. The van der Waals surface area contributed by atoms with Crippen molar-refractivity contribution < 1.29 is 17.9 Å². The van der Waals surface area contributed by atoms with Gasteiger partial charge in [-0.25, -0.2) is 0 Å². The van der Waals surface area contributed by atoms with Crippen molar-refractivity contribution in [2.45, 2.75) is 16.9 Å². The molecule has 0 spiro atoms. The van der Waals surface area contributed by atoms with Crippen LogP contribution in [0.1, 0.15) is 11.1 Å². The molecule has 0 radical (unpaired) electrons. The normalized spacial score (nSPS) is 12.1. The van der Waals surface area contributed by atoms with E-state index in [-0.39, 0.29) is 0 Å². The van der Waals surface area contributed by atoms with Crippen LogP contribution in [-0.2, 0) is 24.3 Å². The monoisotopic (exact) mass is 243 g/mol. The van der Waals surface area contributed by atoms with Gasteiger partial charge in [-0.1, -0.05) is 0 Å². The van der Waals surface area contributed by atoms with Crippen molar-refractivity contribution in [2.24, 2.45) is 0 Å². The quantitative estimate of drug-likeness (QED) is 0.573. The number of rotatable bonds is 1. The fourth-order valence-electron chi connectivity index (χ4n) is 2.63. The molecule has 0 aromatic heterocycles. The summed E-state index contributed by atoms with van der Waals surface area (Å²) in [5.41, 5.74) is 6.06. The van der Waals surface area contributed by atoms with E-state index in [1.54, 1.807) is 9.43 Å². The molecule has 0 saturated heterocycles. The predicted octanol–water partition coefficient (Wildman–Crippen LogP) is 3.60. The second-order valence-electron chi connectivity index (χ2n) is 4.67. The molecule has 0 heterocycles. The Morgan fingerprint density at radius 1 is 0.875 bits per heavy atom. The molecule has 0 nitrogen and oxygen atoms in total. The van der Waals surface area contributed by atoms with Crippen LogP contribution >= 0.6 is 0 Å². The molecule has 0 fully saturated rings. The molecule has 1 aliphatic carbocycles. The zero-order chi connectivity index (χ0) is 11.1. The van der Waals surface area contributed by atoms with Gasteiger partial charge < -0.3 is 0 Å². The third kappa shape index (κ3) is 1.49. The number of hydrogen-bond donors (Lipinski definition) is 0. The molecule has 2 aromatic carbocycles. The molecule has 0 bridgehead atoms. The number of fused-ring (bicyclic) bond motifs is 3. The molecular formula is C15H15Ti. The molecule has 79 valence electrons. The molecule has 0 aliphatic heterocycles. The standard InChI is InChI=1S/C13H9.2CH3.Ti/c1-3-7-12-10(5-1)9-11-6-2-4-8-13(11)12;;;/h1-5,7-8H,9H2;2*1H3;. The average Bonchev–Trinajstić information content (AvgIpc) is 2.67. The molecular weight excluding hydrogens is 228 g/mol. The Morgan fingerprint density at radius 2 is 1.62 bits per heavy atom. The summed E-state index contributed by atoms with van der Waals surface area (Å²) in [5.74, 6) is 0. The molecule has 3 rings (SSSR count). The van der Waals surface area contributed by atoms with Crippen molar-refractivity contribution in [3.63, 3.8) is 0 Å². The van der Waals surface area contributed by atoms with Crippen LogP contribution in [0.2, 0.25) is 10.5 Å². The van der Waals surface area contributed by atoms with Gasteiger partial charge in [-0.05, 0) is 0 Å². The van der Waals surface area contributed by atoms with Crippen LogP contribution in [-0.4, -0.2) is 0 Å². The Kier molecular flexibility index (Phi) is 2.50. The Labute approximate surface area is 103 Å². The summed E-state index contributed by atoms with van der Waals surface area (Å²) in [6, 6.07) is 15.7. The van der Waals surface area contributed by atoms with Gasteiger partial charge in [0.25, 0.3) is 0 Å². The maximum atomic E-state index is 2.44. The van der Waals surface area contributed by atoms with Gasteiger partial charge >= 0.3 is 103 Å². The van der Waals surface area contributed by atoms with Crippen LogP contribution in [0, 0.1) is 0 Å². The zero-order valence-electron chi connectivity index (χ0n) is 9.75. The Hall–Kier alpha value is -0.846. The Balaban J connectivity index is 2.24. The van der Waals surface area contributed by atoms with E-state index in [2.05, 4.69) is 52.9 Å². The van der Waals surface area contributed by atoms with Crippen LogP contribution in [0.5, 0.6) is 0 Å². The predicted molar refractivity (Wildman–Crippen MR) is 66.0 cm³/mol. The second-order valence-corrected chi connectivity index (χ2v) is 8.63. The van der Waals surface area contributed by atoms with Crippen molar-refractivity contribution in [3.05, 3.63) is 53.6 Å². The van der Waals surface area contributed by atoms with Gasteiger partial charge in [-0.2, -0.15) is 0 Å². The van der Waals surface area contributed by atoms with E-state index in [1.165, 1.54) is 16.7 Å². The fourth-order valence-corrected chi connectivity index (χ4v) is 4.59. The van der Waals surface area contributed by atoms with Gasteiger partial charge in [0.15, 0.2) is 0 Å². The zero-order valence-corrected chi connectivity index (χ0v) is 11.3. The van der Waals surface area contributed by atoms with E-state index in [9.17, 15) is 0 Å². The molecule has 1 heteroatoms. The molecule has 1 aliphatic rings. The minimum atomic E-state index is -0.969. The van der Waals surface area contributed by atoms with E-state index in [0.29, 0.717) is 0 Å². The third-order valence-electron chi connectivity index (χ3n) is 3.39. The van der Waals surface area contributed by atoms with Gasteiger partial charge in [-0.3, -0.25) is 0 Å². The summed E-state index contributed by atoms with van der Waals surface area (Å²) in [6.07, 6.45) is 1.15. The summed E-state index contributed by atoms with van der Waals surface area (Å²) in [4.78, 5) is 0. The first kappa shape index (κ1) is 10.3. The summed E-state index contributed by atoms with van der Waals surface area (Å²) in [5, 5.41) is 4.89. The van der Waals surface area contributed by atoms with Crippen LogP contribution in [0.15, 0.2) is 42.5 Å².